The molecule has 144 valence electrons. The van der Waals surface area contributed by atoms with Gasteiger partial charge in [0.05, 0.1) is 0 Å². The summed E-state index contributed by atoms with van der Waals surface area (Å²) in [4.78, 5) is 28.1. The van der Waals surface area contributed by atoms with E-state index in [-0.39, 0.29) is 5.91 Å². The van der Waals surface area contributed by atoms with E-state index in [4.69, 9.17) is 0 Å². The zero-order chi connectivity index (χ0) is 19.2. The summed E-state index contributed by atoms with van der Waals surface area (Å²) in [6, 6.07) is 9.55. The normalized spacial score (nSPS) is 14.9. The number of hydrogen-bond donors (Lipinski definition) is 1. The molecule has 3 rings (SSSR count). The number of nitrogens with zero attached hydrogens (tertiary/aromatic N) is 5. The van der Waals surface area contributed by atoms with Crippen LogP contribution in [-0.2, 0) is 0 Å². The quantitative estimate of drug-likeness (QED) is 0.844. The molecule has 0 saturated carbocycles. The molecule has 1 aromatic heterocycles. The number of hydrogen-bond acceptors (Lipinski definition) is 6. The van der Waals surface area contributed by atoms with Crippen LogP contribution in [0.25, 0.3) is 0 Å². The van der Waals surface area contributed by atoms with Crippen LogP contribution in [0.4, 0.5) is 17.3 Å². The van der Waals surface area contributed by atoms with Gasteiger partial charge in [0.1, 0.15) is 5.69 Å². The van der Waals surface area contributed by atoms with Gasteiger partial charge in [-0.05, 0) is 51.2 Å². The maximum atomic E-state index is 12.6. The van der Waals surface area contributed by atoms with Crippen LogP contribution in [0.3, 0.4) is 0 Å². The van der Waals surface area contributed by atoms with Gasteiger partial charge in [0.25, 0.3) is 5.91 Å². The first kappa shape index (κ1) is 19.1. The molecular weight excluding hydrogens is 340 g/mol. The van der Waals surface area contributed by atoms with Gasteiger partial charge in [-0.3, -0.25) is 4.79 Å². The lowest BCUT2D eigenvalue weighted by atomic mass is 10.2. The Balaban J connectivity index is 1.66. The predicted molar refractivity (Wildman–Crippen MR) is 110 cm³/mol. The summed E-state index contributed by atoms with van der Waals surface area (Å²) in [5.41, 5.74) is 2.29. The van der Waals surface area contributed by atoms with Crippen LogP contribution in [0.2, 0.25) is 0 Å². The second-order valence-electron chi connectivity index (χ2n) is 6.71. The fourth-order valence-electron chi connectivity index (χ4n) is 3.17. The van der Waals surface area contributed by atoms with Crippen LogP contribution >= 0.6 is 0 Å². The van der Waals surface area contributed by atoms with Gasteiger partial charge < -0.3 is 20.0 Å². The van der Waals surface area contributed by atoms with Crippen molar-refractivity contribution in [1.82, 2.24) is 14.9 Å². The molecule has 0 spiro atoms. The third kappa shape index (κ3) is 4.74. The maximum absolute atomic E-state index is 12.6. The summed E-state index contributed by atoms with van der Waals surface area (Å²) >= 11 is 0. The lowest BCUT2D eigenvalue weighted by Crippen LogP contribution is -2.45. The zero-order valence-electron chi connectivity index (χ0n) is 16.4. The summed E-state index contributed by atoms with van der Waals surface area (Å²) in [5, 5.41) is 2.92. The number of nitrogens with one attached hydrogen (secondary N) is 1. The molecule has 0 aliphatic carbocycles. The van der Waals surface area contributed by atoms with Crippen LogP contribution in [-0.4, -0.2) is 67.1 Å². The molecule has 1 saturated heterocycles. The van der Waals surface area contributed by atoms with Gasteiger partial charge in [0.2, 0.25) is 5.95 Å². The third-order valence-electron chi connectivity index (χ3n) is 4.92. The Labute approximate surface area is 161 Å². The van der Waals surface area contributed by atoms with E-state index in [1.807, 2.05) is 24.3 Å². The van der Waals surface area contributed by atoms with Crippen molar-refractivity contribution in [1.29, 1.82) is 0 Å². The van der Waals surface area contributed by atoms with Crippen molar-refractivity contribution in [3.8, 4) is 0 Å². The standard InChI is InChI=1S/C20H28N6O/c1-4-25(5-2)17-8-6-16(7-9-17)22-19(27)18-10-11-21-20(23-18)26-14-12-24(3)13-15-26/h6-11H,4-5,12-15H2,1-3H3,(H,22,27). The molecule has 1 aliphatic heterocycles. The summed E-state index contributed by atoms with van der Waals surface area (Å²) < 4.78 is 0. The molecule has 0 atom stereocenters. The molecule has 1 aliphatic rings. The molecule has 7 heteroatoms. The van der Waals surface area contributed by atoms with Gasteiger partial charge in [0, 0.05) is 56.8 Å². The summed E-state index contributed by atoms with van der Waals surface area (Å²) in [6.45, 7) is 9.86. The van der Waals surface area contributed by atoms with Crippen LogP contribution in [0.5, 0.6) is 0 Å². The van der Waals surface area contributed by atoms with Crippen LogP contribution in [0.1, 0.15) is 24.3 Å². The number of aromatic nitrogens is 2. The second-order valence-corrected chi connectivity index (χ2v) is 6.71. The number of likely N-dealkylation sites (N-methyl/N-ethyl adjacent to an activating group) is 1. The van der Waals surface area contributed by atoms with Gasteiger partial charge in [-0.25, -0.2) is 9.97 Å². The zero-order valence-corrected chi connectivity index (χ0v) is 16.4. The molecule has 2 aromatic rings. The van der Waals surface area contributed by atoms with Crippen LogP contribution in [0.15, 0.2) is 36.5 Å². The minimum Gasteiger partial charge on any atom is -0.372 e. The van der Waals surface area contributed by atoms with Crippen molar-refractivity contribution >= 4 is 23.2 Å². The van der Waals surface area contributed by atoms with Gasteiger partial charge >= 0.3 is 0 Å². The summed E-state index contributed by atoms with van der Waals surface area (Å²) in [5.74, 6) is 0.399. The summed E-state index contributed by atoms with van der Waals surface area (Å²) in [6.07, 6.45) is 1.65. The minimum absolute atomic E-state index is 0.219. The molecular formula is C20H28N6O. The highest BCUT2D eigenvalue weighted by atomic mass is 16.1. The SMILES string of the molecule is CCN(CC)c1ccc(NC(=O)c2ccnc(N3CCN(C)CC3)n2)cc1. The highest BCUT2D eigenvalue weighted by Crippen LogP contribution is 2.18. The Morgan fingerprint density at radius 1 is 1.07 bits per heavy atom. The smallest absolute Gasteiger partial charge is 0.274 e. The summed E-state index contributed by atoms with van der Waals surface area (Å²) in [7, 11) is 2.10. The van der Waals surface area contributed by atoms with Crippen molar-refractivity contribution in [3.63, 3.8) is 0 Å². The second kappa shape index (κ2) is 8.81. The Morgan fingerprint density at radius 3 is 2.37 bits per heavy atom. The van der Waals surface area contributed by atoms with Crippen LogP contribution in [0, 0.1) is 0 Å². The number of rotatable bonds is 6. The van der Waals surface area contributed by atoms with Gasteiger partial charge in [0.15, 0.2) is 0 Å². The fourth-order valence-corrected chi connectivity index (χ4v) is 3.17. The van der Waals surface area contributed by atoms with Crippen molar-refractivity contribution in [2.24, 2.45) is 0 Å². The van der Waals surface area contributed by atoms with E-state index in [1.165, 1.54) is 0 Å². The van der Waals surface area contributed by atoms with Crippen molar-refractivity contribution in [2.45, 2.75) is 13.8 Å². The Hall–Kier alpha value is -2.67. The average Bonchev–Trinajstić information content (AvgIpc) is 2.71. The molecule has 1 aromatic carbocycles. The van der Waals surface area contributed by atoms with Gasteiger partial charge in [-0.15, -0.1) is 0 Å². The molecule has 1 fully saturated rings. The van der Waals surface area contributed by atoms with E-state index >= 15 is 0 Å². The molecule has 0 unspecified atom stereocenters. The highest BCUT2D eigenvalue weighted by molar-refractivity contribution is 6.03. The molecule has 0 radical (unpaired) electrons. The lowest BCUT2D eigenvalue weighted by molar-refractivity contribution is 0.102. The number of anilines is 3. The fraction of sp³-hybridized carbons (Fsp3) is 0.450. The first-order valence-corrected chi connectivity index (χ1v) is 9.53. The number of carbonyl (C=O) groups is 1. The molecule has 0 bridgehead atoms. The van der Waals surface area contributed by atoms with E-state index in [1.54, 1.807) is 12.3 Å². The first-order valence-electron chi connectivity index (χ1n) is 9.53. The maximum Gasteiger partial charge on any atom is 0.274 e. The van der Waals surface area contributed by atoms with Crippen molar-refractivity contribution in [2.75, 3.05) is 61.4 Å². The molecule has 2 heterocycles. The Bertz CT molecular complexity index is 751. The van der Waals surface area contributed by atoms with Gasteiger partial charge in [-0.1, -0.05) is 0 Å². The Kier molecular flexibility index (Phi) is 6.24. The molecule has 1 N–H and O–H groups in total. The van der Waals surface area contributed by atoms with Crippen LogP contribution < -0.4 is 15.1 Å². The third-order valence-corrected chi connectivity index (χ3v) is 4.92. The van der Waals surface area contributed by atoms with E-state index < -0.39 is 0 Å². The van der Waals surface area contributed by atoms with E-state index in [0.29, 0.717) is 11.6 Å². The molecule has 7 nitrogen and oxygen atoms in total. The predicted octanol–water partition coefficient (Wildman–Crippen LogP) is 2.33. The average molecular weight is 368 g/mol. The molecule has 1 amide bonds. The van der Waals surface area contributed by atoms with Crippen molar-refractivity contribution in [3.05, 3.63) is 42.2 Å². The van der Waals surface area contributed by atoms with Crippen molar-refractivity contribution < 1.29 is 4.79 Å². The topological polar surface area (TPSA) is 64.6 Å². The van der Waals surface area contributed by atoms with E-state index in [9.17, 15) is 4.79 Å². The number of benzene rings is 1. The van der Waals surface area contributed by atoms with E-state index in [0.717, 1.165) is 50.6 Å². The minimum atomic E-state index is -0.219. The first-order chi connectivity index (χ1) is 13.1. The number of carbonyl (C=O) groups excluding carboxylic acids is 1. The Morgan fingerprint density at radius 2 is 1.74 bits per heavy atom. The van der Waals surface area contributed by atoms with E-state index in [2.05, 4.69) is 50.9 Å². The number of amides is 1. The van der Waals surface area contributed by atoms with Gasteiger partial charge in [-0.2, -0.15) is 0 Å². The number of piperazine rings is 1. The largest absolute Gasteiger partial charge is 0.372 e. The molecule has 27 heavy (non-hydrogen) atoms. The highest BCUT2D eigenvalue weighted by Gasteiger charge is 2.18. The monoisotopic (exact) mass is 368 g/mol. The lowest BCUT2D eigenvalue weighted by Gasteiger charge is -2.32.